The van der Waals surface area contributed by atoms with Gasteiger partial charge in [0, 0.05) is 6.04 Å². The zero-order valence-corrected chi connectivity index (χ0v) is 7.86. The molecule has 0 heterocycles. The van der Waals surface area contributed by atoms with Gasteiger partial charge in [0.25, 0.3) is 0 Å². The summed E-state index contributed by atoms with van der Waals surface area (Å²) >= 11 is 0. The van der Waals surface area contributed by atoms with Gasteiger partial charge >= 0.3 is 0 Å². The largest absolute Gasteiger partial charge is 0.496 e. The minimum absolute atomic E-state index is 0.398. The molecule has 2 nitrogen and oxygen atoms in total. The Kier molecular flexibility index (Phi) is 2.23. The van der Waals surface area contributed by atoms with Gasteiger partial charge in [-0.15, -0.1) is 0 Å². The van der Waals surface area contributed by atoms with E-state index in [0.29, 0.717) is 12.0 Å². The summed E-state index contributed by atoms with van der Waals surface area (Å²) in [7, 11) is 1.72. The summed E-state index contributed by atoms with van der Waals surface area (Å²) < 4.78 is 5.30. The quantitative estimate of drug-likeness (QED) is 0.748. The molecule has 70 valence electrons. The van der Waals surface area contributed by atoms with Crippen molar-refractivity contribution in [2.24, 2.45) is 5.73 Å². The number of methoxy groups -OCH3 is 1. The van der Waals surface area contributed by atoms with Crippen LogP contribution in [0, 0.1) is 0 Å². The monoisotopic (exact) mass is 177 g/mol. The topological polar surface area (TPSA) is 35.2 Å². The van der Waals surface area contributed by atoms with E-state index in [-0.39, 0.29) is 0 Å². The molecule has 1 aliphatic carbocycles. The second-order valence-electron chi connectivity index (χ2n) is 3.67. The van der Waals surface area contributed by atoms with E-state index in [9.17, 15) is 0 Å². The Bertz CT molecular complexity index is 292. The lowest BCUT2D eigenvalue weighted by Gasteiger charge is -2.33. The number of hydrogen-bond donors (Lipinski definition) is 1. The van der Waals surface area contributed by atoms with Crippen LogP contribution in [0.25, 0.3) is 0 Å². The van der Waals surface area contributed by atoms with Gasteiger partial charge in [-0.2, -0.15) is 0 Å². The Labute approximate surface area is 78.7 Å². The molecule has 0 unspecified atom stereocenters. The number of ether oxygens (including phenoxy) is 1. The van der Waals surface area contributed by atoms with E-state index in [1.807, 2.05) is 12.1 Å². The first-order valence-corrected chi connectivity index (χ1v) is 4.69. The maximum atomic E-state index is 5.76. The molecule has 0 atom stereocenters. The normalized spacial score (nSPS) is 26.6. The van der Waals surface area contributed by atoms with Crippen LogP contribution >= 0.6 is 0 Å². The first-order chi connectivity index (χ1) is 6.31. The van der Waals surface area contributed by atoms with Crippen LogP contribution < -0.4 is 10.5 Å². The third-order valence-electron chi connectivity index (χ3n) is 2.75. The van der Waals surface area contributed by atoms with Crippen molar-refractivity contribution in [3.63, 3.8) is 0 Å². The molecule has 0 spiro atoms. The van der Waals surface area contributed by atoms with Crippen LogP contribution in [0.4, 0.5) is 0 Å². The first-order valence-electron chi connectivity index (χ1n) is 4.69. The van der Waals surface area contributed by atoms with Gasteiger partial charge in [-0.1, -0.05) is 18.2 Å². The molecule has 0 aromatic heterocycles. The molecule has 1 aliphatic rings. The summed E-state index contributed by atoms with van der Waals surface area (Å²) in [4.78, 5) is 0. The third kappa shape index (κ3) is 1.54. The van der Waals surface area contributed by atoms with Crippen LogP contribution in [0.3, 0.4) is 0 Å². The average Bonchev–Trinajstić information content (AvgIpc) is 2.13. The van der Waals surface area contributed by atoms with Crippen molar-refractivity contribution in [1.82, 2.24) is 0 Å². The summed E-state index contributed by atoms with van der Waals surface area (Å²) in [5.41, 5.74) is 7.07. The molecule has 2 heteroatoms. The van der Waals surface area contributed by atoms with Gasteiger partial charge in [0.05, 0.1) is 7.11 Å². The van der Waals surface area contributed by atoms with E-state index in [1.165, 1.54) is 5.56 Å². The van der Waals surface area contributed by atoms with E-state index < -0.39 is 0 Å². The van der Waals surface area contributed by atoms with Crippen molar-refractivity contribution in [1.29, 1.82) is 0 Å². The van der Waals surface area contributed by atoms with E-state index in [4.69, 9.17) is 10.5 Å². The first kappa shape index (κ1) is 8.57. The maximum Gasteiger partial charge on any atom is 0.122 e. The number of hydrogen-bond acceptors (Lipinski definition) is 2. The Morgan fingerprint density at radius 2 is 2.00 bits per heavy atom. The number of nitrogens with two attached hydrogens (primary N) is 1. The highest BCUT2D eigenvalue weighted by molar-refractivity contribution is 5.37. The summed E-state index contributed by atoms with van der Waals surface area (Å²) in [6.07, 6.45) is 2.20. The van der Waals surface area contributed by atoms with Crippen molar-refractivity contribution in [3.05, 3.63) is 29.8 Å². The number of para-hydroxylation sites is 1. The highest BCUT2D eigenvalue weighted by atomic mass is 16.5. The molecule has 0 bridgehead atoms. The number of benzene rings is 1. The van der Waals surface area contributed by atoms with Crippen LogP contribution in [0.2, 0.25) is 0 Å². The third-order valence-corrected chi connectivity index (χ3v) is 2.75. The molecule has 0 radical (unpaired) electrons. The lowest BCUT2D eigenvalue weighted by molar-refractivity contribution is 0.334. The lowest BCUT2D eigenvalue weighted by atomic mass is 9.76. The van der Waals surface area contributed by atoms with Crippen molar-refractivity contribution < 1.29 is 4.74 Å². The molecule has 13 heavy (non-hydrogen) atoms. The average molecular weight is 177 g/mol. The van der Waals surface area contributed by atoms with Crippen molar-refractivity contribution >= 4 is 0 Å². The fourth-order valence-electron chi connectivity index (χ4n) is 1.92. The molecule has 2 N–H and O–H groups in total. The van der Waals surface area contributed by atoms with E-state index in [0.717, 1.165) is 18.6 Å². The smallest absolute Gasteiger partial charge is 0.122 e. The second-order valence-corrected chi connectivity index (χ2v) is 3.67. The van der Waals surface area contributed by atoms with Crippen LogP contribution in [-0.4, -0.2) is 13.2 Å². The summed E-state index contributed by atoms with van der Waals surface area (Å²) in [6, 6.07) is 8.60. The van der Waals surface area contributed by atoms with Crippen LogP contribution in [0.15, 0.2) is 24.3 Å². The second kappa shape index (κ2) is 3.38. The summed E-state index contributed by atoms with van der Waals surface area (Å²) in [6.45, 7) is 0. The Hall–Kier alpha value is -1.02. The predicted molar refractivity (Wildman–Crippen MR) is 52.9 cm³/mol. The fraction of sp³-hybridized carbons (Fsp3) is 0.455. The van der Waals surface area contributed by atoms with Gasteiger partial charge < -0.3 is 10.5 Å². The Morgan fingerprint density at radius 3 is 2.62 bits per heavy atom. The van der Waals surface area contributed by atoms with Gasteiger partial charge in [0.15, 0.2) is 0 Å². The van der Waals surface area contributed by atoms with Crippen molar-refractivity contribution in [2.45, 2.75) is 24.8 Å². The summed E-state index contributed by atoms with van der Waals surface area (Å²) in [5, 5.41) is 0. The van der Waals surface area contributed by atoms with Crippen molar-refractivity contribution in [2.75, 3.05) is 7.11 Å². The molecular weight excluding hydrogens is 162 g/mol. The Balaban J connectivity index is 2.19. The standard InChI is InChI=1S/C11H15NO/c1-13-11-5-3-2-4-10(11)8-6-9(12)7-8/h2-5,8-9H,6-7,12H2,1H3. The van der Waals surface area contributed by atoms with Gasteiger partial charge in [-0.25, -0.2) is 0 Å². The van der Waals surface area contributed by atoms with Crippen molar-refractivity contribution in [3.8, 4) is 5.75 Å². The molecular formula is C11H15NO. The minimum atomic E-state index is 0.398. The molecule has 1 aromatic rings. The van der Waals surface area contributed by atoms with Gasteiger partial charge in [0.2, 0.25) is 0 Å². The molecule has 1 fully saturated rings. The molecule has 2 rings (SSSR count). The van der Waals surface area contributed by atoms with Crippen LogP contribution in [0.1, 0.15) is 24.3 Å². The van der Waals surface area contributed by atoms with Crippen LogP contribution in [0.5, 0.6) is 5.75 Å². The van der Waals surface area contributed by atoms with E-state index in [1.54, 1.807) is 7.11 Å². The molecule has 0 amide bonds. The Morgan fingerprint density at radius 1 is 1.31 bits per heavy atom. The number of rotatable bonds is 2. The highest BCUT2D eigenvalue weighted by Gasteiger charge is 2.28. The summed E-state index contributed by atoms with van der Waals surface area (Å²) in [5.74, 6) is 1.62. The predicted octanol–water partition coefficient (Wildman–Crippen LogP) is 1.90. The minimum Gasteiger partial charge on any atom is -0.496 e. The molecule has 1 saturated carbocycles. The zero-order chi connectivity index (χ0) is 9.26. The van der Waals surface area contributed by atoms with Gasteiger partial charge in [-0.05, 0) is 30.4 Å². The fourth-order valence-corrected chi connectivity index (χ4v) is 1.92. The molecule has 1 aromatic carbocycles. The highest BCUT2D eigenvalue weighted by Crippen LogP contribution is 2.39. The van der Waals surface area contributed by atoms with Gasteiger partial charge in [-0.3, -0.25) is 0 Å². The van der Waals surface area contributed by atoms with E-state index in [2.05, 4.69) is 12.1 Å². The van der Waals surface area contributed by atoms with Crippen LogP contribution in [-0.2, 0) is 0 Å². The molecule has 0 aliphatic heterocycles. The lowest BCUT2D eigenvalue weighted by Crippen LogP contribution is -2.34. The van der Waals surface area contributed by atoms with Gasteiger partial charge in [0.1, 0.15) is 5.75 Å². The zero-order valence-electron chi connectivity index (χ0n) is 7.86. The van der Waals surface area contributed by atoms with E-state index >= 15 is 0 Å². The molecule has 0 saturated heterocycles. The SMILES string of the molecule is COc1ccccc1C1CC(N)C1. The maximum absolute atomic E-state index is 5.76.